The van der Waals surface area contributed by atoms with Crippen LogP contribution in [0.15, 0.2) is 75.0 Å². The molecule has 0 saturated carbocycles. The summed E-state index contributed by atoms with van der Waals surface area (Å²) in [5.74, 6) is 0.387. The van der Waals surface area contributed by atoms with Gasteiger partial charge in [0.25, 0.3) is 5.91 Å². The van der Waals surface area contributed by atoms with Gasteiger partial charge in [0.1, 0.15) is 12.4 Å². The summed E-state index contributed by atoms with van der Waals surface area (Å²) in [5.41, 5.74) is 2.25. The van der Waals surface area contributed by atoms with Crippen molar-refractivity contribution in [3.05, 3.63) is 96.2 Å². The Kier molecular flexibility index (Phi) is 7.48. The first-order valence-electron chi connectivity index (χ1n) is 9.29. The molecule has 1 fully saturated rings. The zero-order valence-electron chi connectivity index (χ0n) is 16.2. The van der Waals surface area contributed by atoms with E-state index in [0.29, 0.717) is 36.6 Å². The molecule has 3 aromatic rings. The first-order valence-corrected chi connectivity index (χ1v) is 12.0. The van der Waals surface area contributed by atoms with Gasteiger partial charge in [0, 0.05) is 30.7 Å². The van der Waals surface area contributed by atoms with E-state index in [1.165, 1.54) is 11.8 Å². The maximum absolute atomic E-state index is 12.5. The van der Waals surface area contributed by atoms with Crippen molar-refractivity contribution in [3.8, 4) is 5.75 Å². The third kappa shape index (κ3) is 5.88. The van der Waals surface area contributed by atoms with Gasteiger partial charge in [0.15, 0.2) is 5.17 Å². The molecular weight excluding hydrogens is 555 g/mol. The van der Waals surface area contributed by atoms with Gasteiger partial charge in [-0.05, 0) is 72.4 Å². The van der Waals surface area contributed by atoms with E-state index < -0.39 is 0 Å². The van der Waals surface area contributed by atoms with Crippen LogP contribution in [-0.2, 0) is 11.4 Å². The minimum absolute atomic E-state index is 0.227. The van der Waals surface area contributed by atoms with Crippen molar-refractivity contribution < 1.29 is 9.53 Å². The maximum Gasteiger partial charge on any atom is 0.264 e. The molecule has 0 atom stereocenters. The lowest BCUT2D eigenvalue weighted by Gasteiger charge is -2.11. The van der Waals surface area contributed by atoms with E-state index in [-0.39, 0.29) is 12.5 Å². The summed E-state index contributed by atoms with van der Waals surface area (Å²) >= 11 is 22.9. The number of aliphatic imine (C=N–C) groups is 1. The Morgan fingerprint density at radius 3 is 2.50 bits per heavy atom. The number of carbonyl (C=O) groups is 1. The van der Waals surface area contributed by atoms with Gasteiger partial charge in [-0.15, -0.1) is 0 Å². The molecule has 0 radical (unpaired) electrons. The number of thioether (sulfide) groups is 1. The Balaban J connectivity index is 1.56. The van der Waals surface area contributed by atoms with E-state index in [9.17, 15) is 4.79 Å². The molecule has 0 aliphatic carbocycles. The van der Waals surface area contributed by atoms with Crippen molar-refractivity contribution in [2.24, 2.45) is 4.99 Å². The summed E-state index contributed by atoms with van der Waals surface area (Å²) in [6, 6.07) is 17.9. The number of carbonyl (C=O) groups excluding carboxylic acids is 1. The van der Waals surface area contributed by atoms with Crippen molar-refractivity contribution in [2.75, 3.05) is 0 Å². The van der Waals surface area contributed by atoms with Crippen molar-refractivity contribution in [1.82, 2.24) is 5.32 Å². The lowest BCUT2D eigenvalue weighted by molar-refractivity contribution is -0.115. The first-order chi connectivity index (χ1) is 15.4. The number of rotatable bonds is 5. The molecular formula is C23H14BrCl3N2O2S. The number of halogens is 4. The molecule has 1 amide bonds. The zero-order valence-corrected chi connectivity index (χ0v) is 20.9. The smallest absolute Gasteiger partial charge is 0.264 e. The van der Waals surface area contributed by atoms with Crippen LogP contribution in [0.4, 0.5) is 5.69 Å². The molecule has 0 bridgehead atoms. The fourth-order valence-electron chi connectivity index (χ4n) is 2.81. The van der Waals surface area contributed by atoms with Crippen LogP contribution in [0.5, 0.6) is 5.75 Å². The number of benzene rings is 3. The molecule has 4 rings (SSSR count). The quantitative estimate of drug-likeness (QED) is 0.319. The van der Waals surface area contributed by atoms with E-state index in [4.69, 9.17) is 39.5 Å². The second-order valence-electron chi connectivity index (χ2n) is 6.66. The molecule has 0 aromatic heterocycles. The van der Waals surface area contributed by atoms with E-state index in [0.717, 1.165) is 15.6 Å². The predicted molar refractivity (Wildman–Crippen MR) is 137 cm³/mol. The summed E-state index contributed by atoms with van der Waals surface area (Å²) in [6.07, 6.45) is 1.77. The fourth-order valence-corrected chi connectivity index (χ4v) is 4.61. The third-order valence-electron chi connectivity index (χ3n) is 4.36. The van der Waals surface area contributed by atoms with Crippen LogP contribution < -0.4 is 10.1 Å². The number of hydrogen-bond acceptors (Lipinski definition) is 4. The maximum atomic E-state index is 12.5. The molecule has 1 N–H and O–H groups in total. The van der Waals surface area contributed by atoms with Gasteiger partial charge in [-0.2, -0.15) is 0 Å². The molecule has 162 valence electrons. The number of amides is 1. The number of nitrogens with one attached hydrogen (secondary N) is 1. The van der Waals surface area contributed by atoms with Crippen molar-refractivity contribution in [1.29, 1.82) is 0 Å². The van der Waals surface area contributed by atoms with Gasteiger partial charge in [-0.3, -0.25) is 4.79 Å². The molecule has 32 heavy (non-hydrogen) atoms. The van der Waals surface area contributed by atoms with Gasteiger partial charge >= 0.3 is 0 Å². The van der Waals surface area contributed by atoms with Crippen molar-refractivity contribution in [2.45, 2.75) is 6.61 Å². The fraction of sp³-hybridized carbons (Fsp3) is 0.0435. The van der Waals surface area contributed by atoms with E-state index >= 15 is 0 Å². The van der Waals surface area contributed by atoms with Crippen molar-refractivity contribution >= 4 is 85.3 Å². The molecule has 9 heteroatoms. The summed E-state index contributed by atoms with van der Waals surface area (Å²) < 4.78 is 6.86. The summed E-state index contributed by atoms with van der Waals surface area (Å²) in [6.45, 7) is 0.260. The Labute approximate surface area is 212 Å². The van der Waals surface area contributed by atoms with Crippen LogP contribution in [0.25, 0.3) is 6.08 Å². The number of ether oxygens (including phenoxy) is 1. The van der Waals surface area contributed by atoms with Crippen LogP contribution >= 0.6 is 62.5 Å². The molecule has 0 spiro atoms. The monoisotopic (exact) mass is 566 g/mol. The highest BCUT2D eigenvalue weighted by molar-refractivity contribution is 9.10. The molecule has 1 heterocycles. The molecule has 4 nitrogen and oxygen atoms in total. The molecule has 1 aliphatic rings. The normalized spacial score (nSPS) is 15.9. The van der Waals surface area contributed by atoms with E-state index in [1.807, 2.05) is 24.3 Å². The van der Waals surface area contributed by atoms with Gasteiger partial charge in [0.05, 0.1) is 10.6 Å². The number of nitrogens with zero attached hydrogens (tertiary/aromatic N) is 1. The first kappa shape index (κ1) is 23.2. The van der Waals surface area contributed by atoms with Gasteiger partial charge in [0.2, 0.25) is 0 Å². The predicted octanol–water partition coefficient (Wildman–Crippen LogP) is 7.88. The highest BCUT2D eigenvalue weighted by Crippen LogP contribution is 2.33. The lowest BCUT2D eigenvalue weighted by Crippen LogP contribution is -2.19. The largest absolute Gasteiger partial charge is 0.488 e. The molecule has 3 aromatic carbocycles. The Hall–Kier alpha value is -1.96. The SMILES string of the molecule is O=C1NC(=Nc2ccc(Cl)cc2)S/C1=C\c1cc(Br)ccc1OCc1ccc(Cl)cc1Cl. The highest BCUT2D eigenvalue weighted by Gasteiger charge is 2.24. The zero-order chi connectivity index (χ0) is 22.7. The van der Waals surface area contributed by atoms with E-state index in [1.54, 1.807) is 42.5 Å². The average Bonchev–Trinajstić information content (AvgIpc) is 3.09. The standard InChI is InChI=1S/C23H14BrCl3N2O2S/c24-15-2-8-20(31-12-13-1-3-17(26)11-19(13)27)14(9-15)10-21-22(30)29-23(32-21)28-18-6-4-16(25)5-7-18/h1-11H,12H2,(H,28,29,30)/b21-10-. The van der Waals surface area contributed by atoms with Crippen LogP contribution in [0.3, 0.4) is 0 Å². The van der Waals surface area contributed by atoms with Gasteiger partial charge < -0.3 is 10.1 Å². The highest BCUT2D eigenvalue weighted by atomic mass is 79.9. The second-order valence-corrected chi connectivity index (χ2v) is 9.89. The minimum atomic E-state index is -0.227. The molecule has 1 saturated heterocycles. The van der Waals surface area contributed by atoms with Crippen LogP contribution in [-0.4, -0.2) is 11.1 Å². The molecule has 1 aliphatic heterocycles. The van der Waals surface area contributed by atoms with Gasteiger partial charge in [-0.25, -0.2) is 4.99 Å². The number of amidine groups is 1. The topological polar surface area (TPSA) is 50.7 Å². The Morgan fingerprint density at radius 2 is 1.75 bits per heavy atom. The second kappa shape index (κ2) is 10.3. The average molecular weight is 569 g/mol. The van der Waals surface area contributed by atoms with Gasteiger partial charge in [-0.1, -0.05) is 56.8 Å². The lowest BCUT2D eigenvalue weighted by atomic mass is 10.1. The van der Waals surface area contributed by atoms with Crippen molar-refractivity contribution in [3.63, 3.8) is 0 Å². The van der Waals surface area contributed by atoms with Crippen LogP contribution in [0.1, 0.15) is 11.1 Å². The number of hydrogen-bond donors (Lipinski definition) is 1. The third-order valence-corrected chi connectivity index (χ3v) is 6.61. The van der Waals surface area contributed by atoms with Crippen LogP contribution in [0, 0.1) is 0 Å². The molecule has 0 unspecified atom stereocenters. The van der Waals surface area contributed by atoms with Crippen LogP contribution in [0.2, 0.25) is 15.1 Å². The Bertz CT molecular complexity index is 1250. The van der Waals surface area contributed by atoms with E-state index in [2.05, 4.69) is 26.2 Å². The summed E-state index contributed by atoms with van der Waals surface area (Å²) in [4.78, 5) is 17.5. The summed E-state index contributed by atoms with van der Waals surface area (Å²) in [7, 11) is 0. The Morgan fingerprint density at radius 1 is 1.00 bits per heavy atom. The summed E-state index contributed by atoms with van der Waals surface area (Å²) in [5, 5.41) is 5.00. The minimum Gasteiger partial charge on any atom is -0.488 e.